The fourth-order valence-corrected chi connectivity index (χ4v) is 4.31. The van der Waals surface area contributed by atoms with Crippen LogP contribution in [-0.2, 0) is 0 Å². The molecule has 0 amide bonds. The van der Waals surface area contributed by atoms with Crippen molar-refractivity contribution >= 4 is 17.0 Å². The van der Waals surface area contributed by atoms with E-state index in [1.54, 1.807) is 0 Å². The fraction of sp³-hybridized carbons (Fsp3) is 1.00. The van der Waals surface area contributed by atoms with Crippen molar-refractivity contribution in [2.75, 3.05) is 13.1 Å². The maximum atomic E-state index is 3.66. The number of halogens is 1. The first-order chi connectivity index (χ1) is 14.4. The molecule has 0 saturated heterocycles. The van der Waals surface area contributed by atoms with Crippen molar-refractivity contribution in [3.63, 3.8) is 0 Å². The average Bonchev–Trinajstić information content (AvgIpc) is 2.74. The molecule has 0 radical (unpaired) electrons. The van der Waals surface area contributed by atoms with E-state index < -0.39 is 0 Å². The van der Waals surface area contributed by atoms with Gasteiger partial charge in [0.05, 0.1) is 0 Å². The van der Waals surface area contributed by atoms with Crippen molar-refractivity contribution in [3.05, 3.63) is 0 Å². The van der Waals surface area contributed by atoms with Gasteiger partial charge in [-0.15, -0.1) is 17.0 Å². The summed E-state index contributed by atoms with van der Waals surface area (Å²) in [5.41, 5.74) is 0. The SMILES string of the molecule is Br.CCCCCCCCCCCCCCNCCCCCCCCCCCCCC. The number of unbranched alkanes of at least 4 members (excludes halogenated alkanes) is 22. The van der Waals surface area contributed by atoms with Crippen LogP contribution in [0.4, 0.5) is 0 Å². The Kier molecular flexibility index (Phi) is 34.4. The predicted molar refractivity (Wildman–Crippen MR) is 145 cm³/mol. The van der Waals surface area contributed by atoms with E-state index in [1.807, 2.05) is 0 Å². The second kappa shape index (κ2) is 31.6. The van der Waals surface area contributed by atoms with Gasteiger partial charge in [-0.3, -0.25) is 0 Å². The van der Waals surface area contributed by atoms with Gasteiger partial charge >= 0.3 is 0 Å². The van der Waals surface area contributed by atoms with E-state index >= 15 is 0 Å². The highest BCUT2D eigenvalue weighted by molar-refractivity contribution is 8.93. The van der Waals surface area contributed by atoms with Gasteiger partial charge in [0.2, 0.25) is 0 Å². The van der Waals surface area contributed by atoms with Crippen molar-refractivity contribution in [2.45, 2.75) is 168 Å². The summed E-state index contributed by atoms with van der Waals surface area (Å²) in [7, 11) is 0. The van der Waals surface area contributed by atoms with Crippen LogP contribution in [0.2, 0.25) is 0 Å². The first kappa shape index (κ1) is 32.6. The van der Waals surface area contributed by atoms with Gasteiger partial charge < -0.3 is 5.32 Å². The summed E-state index contributed by atoms with van der Waals surface area (Å²) >= 11 is 0. The lowest BCUT2D eigenvalue weighted by Gasteiger charge is -2.06. The Balaban J connectivity index is 0. The molecule has 0 bridgehead atoms. The zero-order chi connectivity index (χ0) is 21.1. The Labute approximate surface area is 203 Å². The van der Waals surface area contributed by atoms with Gasteiger partial charge in [-0.25, -0.2) is 0 Å². The standard InChI is InChI=1S/C28H59N.BrH/c1-3-5-7-9-11-13-15-17-19-21-23-25-27-29-28-26-24-22-20-18-16-14-12-10-8-6-4-2;/h29H,3-28H2,1-2H3;1H. The Bertz CT molecular complexity index is 243. The topological polar surface area (TPSA) is 12.0 Å². The number of hydrogen-bond donors (Lipinski definition) is 1. The van der Waals surface area contributed by atoms with Gasteiger partial charge in [0.1, 0.15) is 0 Å². The van der Waals surface area contributed by atoms with E-state index in [0.29, 0.717) is 0 Å². The third-order valence-corrected chi connectivity index (χ3v) is 6.41. The highest BCUT2D eigenvalue weighted by Gasteiger charge is 1.95. The minimum Gasteiger partial charge on any atom is -0.317 e. The smallest absolute Gasteiger partial charge is 0.00489 e. The van der Waals surface area contributed by atoms with Gasteiger partial charge in [-0.1, -0.05) is 155 Å². The van der Waals surface area contributed by atoms with Crippen molar-refractivity contribution in [3.8, 4) is 0 Å². The van der Waals surface area contributed by atoms with Crippen LogP contribution >= 0.6 is 17.0 Å². The van der Waals surface area contributed by atoms with Gasteiger partial charge in [-0.2, -0.15) is 0 Å². The summed E-state index contributed by atoms with van der Waals surface area (Å²) in [6.07, 6.45) is 34.8. The Morgan fingerprint density at radius 3 is 0.733 bits per heavy atom. The lowest BCUT2D eigenvalue weighted by molar-refractivity contribution is 0.521. The molecule has 30 heavy (non-hydrogen) atoms. The molecule has 0 aliphatic carbocycles. The normalized spacial score (nSPS) is 11.0. The maximum absolute atomic E-state index is 3.66. The Morgan fingerprint density at radius 2 is 0.500 bits per heavy atom. The summed E-state index contributed by atoms with van der Waals surface area (Å²) in [5.74, 6) is 0. The van der Waals surface area contributed by atoms with Crippen LogP contribution in [0.5, 0.6) is 0 Å². The molecule has 1 N–H and O–H groups in total. The van der Waals surface area contributed by atoms with Crippen molar-refractivity contribution in [1.82, 2.24) is 5.32 Å². The van der Waals surface area contributed by atoms with Gasteiger partial charge in [0.25, 0.3) is 0 Å². The largest absolute Gasteiger partial charge is 0.317 e. The zero-order valence-corrected chi connectivity index (χ0v) is 23.0. The predicted octanol–water partition coefficient (Wildman–Crippen LogP) is 10.6. The summed E-state index contributed by atoms with van der Waals surface area (Å²) in [4.78, 5) is 0. The van der Waals surface area contributed by atoms with Crippen molar-refractivity contribution < 1.29 is 0 Å². The van der Waals surface area contributed by atoms with Crippen molar-refractivity contribution in [1.29, 1.82) is 0 Å². The molecule has 0 atom stereocenters. The summed E-state index contributed by atoms with van der Waals surface area (Å²) in [5, 5.41) is 3.66. The molecule has 2 heteroatoms. The Morgan fingerprint density at radius 1 is 0.300 bits per heavy atom. The molecule has 0 heterocycles. The molecule has 0 fully saturated rings. The second-order valence-corrected chi connectivity index (χ2v) is 9.53. The Hall–Kier alpha value is 0.440. The van der Waals surface area contributed by atoms with E-state index in [-0.39, 0.29) is 17.0 Å². The van der Waals surface area contributed by atoms with Crippen LogP contribution in [0, 0.1) is 0 Å². The summed E-state index contributed by atoms with van der Waals surface area (Å²) in [6, 6.07) is 0. The maximum Gasteiger partial charge on any atom is -0.00489 e. The van der Waals surface area contributed by atoms with Crippen LogP contribution in [0.3, 0.4) is 0 Å². The molecule has 0 aromatic rings. The molecule has 0 spiro atoms. The van der Waals surface area contributed by atoms with E-state index in [1.165, 1.54) is 167 Å². The third kappa shape index (κ3) is 30.6. The van der Waals surface area contributed by atoms with Crippen LogP contribution in [0.15, 0.2) is 0 Å². The molecule has 0 aromatic carbocycles. The number of rotatable bonds is 26. The molecule has 0 unspecified atom stereocenters. The van der Waals surface area contributed by atoms with Crippen molar-refractivity contribution in [2.24, 2.45) is 0 Å². The molecule has 0 aromatic heterocycles. The molecule has 0 rings (SSSR count). The van der Waals surface area contributed by atoms with Gasteiger partial charge in [0, 0.05) is 0 Å². The fourth-order valence-electron chi connectivity index (χ4n) is 4.31. The first-order valence-corrected chi connectivity index (χ1v) is 14.1. The van der Waals surface area contributed by atoms with E-state index in [0.717, 1.165) is 0 Å². The average molecular weight is 491 g/mol. The van der Waals surface area contributed by atoms with Crippen LogP contribution in [-0.4, -0.2) is 13.1 Å². The van der Waals surface area contributed by atoms with E-state index in [2.05, 4.69) is 19.2 Å². The van der Waals surface area contributed by atoms with E-state index in [4.69, 9.17) is 0 Å². The van der Waals surface area contributed by atoms with Crippen LogP contribution < -0.4 is 5.32 Å². The highest BCUT2D eigenvalue weighted by atomic mass is 79.9. The monoisotopic (exact) mass is 489 g/mol. The molecular formula is C28H60BrN. The highest BCUT2D eigenvalue weighted by Crippen LogP contribution is 2.13. The summed E-state index contributed by atoms with van der Waals surface area (Å²) in [6.45, 7) is 7.09. The quantitative estimate of drug-likeness (QED) is 0.119. The molecule has 1 nitrogen and oxygen atoms in total. The molecule has 184 valence electrons. The van der Waals surface area contributed by atoms with Gasteiger partial charge in [-0.05, 0) is 25.9 Å². The lowest BCUT2D eigenvalue weighted by Crippen LogP contribution is -2.16. The third-order valence-electron chi connectivity index (χ3n) is 6.41. The molecule has 0 aliphatic rings. The number of nitrogens with one attached hydrogen (secondary N) is 1. The zero-order valence-electron chi connectivity index (χ0n) is 21.3. The first-order valence-electron chi connectivity index (χ1n) is 14.1. The minimum atomic E-state index is 0. The number of hydrogen-bond acceptors (Lipinski definition) is 1. The molecular weight excluding hydrogens is 430 g/mol. The van der Waals surface area contributed by atoms with Crippen LogP contribution in [0.1, 0.15) is 168 Å². The lowest BCUT2D eigenvalue weighted by atomic mass is 10.1. The summed E-state index contributed by atoms with van der Waals surface area (Å²) < 4.78 is 0. The molecule has 0 saturated carbocycles. The van der Waals surface area contributed by atoms with E-state index in [9.17, 15) is 0 Å². The van der Waals surface area contributed by atoms with Gasteiger partial charge in [0.15, 0.2) is 0 Å². The minimum absolute atomic E-state index is 0. The second-order valence-electron chi connectivity index (χ2n) is 9.53. The van der Waals surface area contributed by atoms with Crippen LogP contribution in [0.25, 0.3) is 0 Å². The molecule has 0 aliphatic heterocycles.